The van der Waals surface area contributed by atoms with E-state index < -0.39 is 0 Å². The molecule has 0 bridgehead atoms. The van der Waals surface area contributed by atoms with Gasteiger partial charge in [0.1, 0.15) is 0 Å². The Morgan fingerprint density at radius 2 is 1.96 bits per heavy atom. The van der Waals surface area contributed by atoms with E-state index in [4.69, 9.17) is 0 Å². The van der Waals surface area contributed by atoms with E-state index in [9.17, 15) is 0 Å². The van der Waals surface area contributed by atoms with E-state index >= 15 is 0 Å². The largest absolute Gasteiger partial charge is 0.375 e. The van der Waals surface area contributed by atoms with Crippen molar-refractivity contribution in [3.05, 3.63) is 46.4 Å². The molecule has 1 aromatic heterocycles. The Bertz CT molecular complexity index is 659. The lowest BCUT2D eigenvalue weighted by atomic mass is 10.2. The highest BCUT2D eigenvalue weighted by molar-refractivity contribution is 14.0. The number of anilines is 1. The van der Waals surface area contributed by atoms with Gasteiger partial charge in [0.15, 0.2) is 5.96 Å². The van der Waals surface area contributed by atoms with Crippen LogP contribution in [0.15, 0.2) is 40.7 Å². The fourth-order valence-corrected chi connectivity index (χ4v) is 3.28. The Kier molecular flexibility index (Phi) is 12.1. The monoisotopic (exact) mass is 501 g/mol. The maximum absolute atomic E-state index is 4.68. The molecule has 0 fully saturated rings. The first-order chi connectivity index (χ1) is 12.7. The lowest BCUT2D eigenvalue weighted by Gasteiger charge is -2.18. The summed E-state index contributed by atoms with van der Waals surface area (Å²) in [7, 11) is 2.14. The number of hydrogen-bond acceptors (Lipinski definition) is 4. The molecule has 0 aliphatic carbocycles. The average Bonchev–Trinajstić information content (AvgIpc) is 3.07. The number of benzene rings is 1. The number of para-hydroxylation sites is 1. The van der Waals surface area contributed by atoms with Crippen molar-refractivity contribution in [2.24, 2.45) is 4.99 Å². The number of guanidine groups is 1. The standard InChI is InChI=1S/C20H31N5S.HI/c1-4-21-20(23-14-12-18-16-26-17(2)24-18)22-13-8-9-15-25(3)19-10-6-5-7-11-19;/h5-7,10-11,16H,4,8-9,12-15H2,1-3H3,(H2,21,22,23);1H. The van der Waals surface area contributed by atoms with Gasteiger partial charge in [0.05, 0.1) is 10.7 Å². The minimum absolute atomic E-state index is 0. The Morgan fingerprint density at radius 3 is 2.63 bits per heavy atom. The quantitative estimate of drug-likeness (QED) is 0.223. The number of rotatable bonds is 10. The average molecular weight is 501 g/mol. The number of aryl methyl sites for hydroxylation is 1. The van der Waals surface area contributed by atoms with Gasteiger partial charge in [-0.3, -0.25) is 4.99 Å². The van der Waals surface area contributed by atoms with Crippen molar-refractivity contribution in [1.29, 1.82) is 0 Å². The van der Waals surface area contributed by atoms with Crippen molar-refractivity contribution in [3.63, 3.8) is 0 Å². The van der Waals surface area contributed by atoms with Crippen LogP contribution in [-0.4, -0.2) is 44.2 Å². The summed E-state index contributed by atoms with van der Waals surface area (Å²) in [6.45, 7) is 7.75. The molecule has 0 atom stereocenters. The van der Waals surface area contributed by atoms with Gasteiger partial charge in [0, 0.05) is 50.7 Å². The number of nitrogens with one attached hydrogen (secondary N) is 2. The molecule has 2 aromatic rings. The molecular formula is C20H32IN5S. The smallest absolute Gasteiger partial charge is 0.191 e. The molecular weight excluding hydrogens is 469 g/mol. The van der Waals surface area contributed by atoms with Crippen LogP contribution in [0.3, 0.4) is 0 Å². The topological polar surface area (TPSA) is 52.6 Å². The first kappa shape index (κ1) is 23.7. The molecule has 2 N–H and O–H groups in total. The molecule has 0 amide bonds. The number of nitrogens with zero attached hydrogens (tertiary/aromatic N) is 3. The predicted molar refractivity (Wildman–Crippen MR) is 129 cm³/mol. The molecule has 0 saturated heterocycles. The van der Waals surface area contributed by atoms with Crippen molar-refractivity contribution in [2.45, 2.75) is 33.1 Å². The van der Waals surface area contributed by atoms with Gasteiger partial charge in [-0.1, -0.05) is 18.2 Å². The molecule has 7 heteroatoms. The zero-order valence-electron chi connectivity index (χ0n) is 16.6. The highest BCUT2D eigenvalue weighted by Gasteiger charge is 2.01. The van der Waals surface area contributed by atoms with Crippen LogP contribution in [0.5, 0.6) is 0 Å². The Labute approximate surface area is 184 Å². The fourth-order valence-electron chi connectivity index (χ4n) is 2.64. The highest BCUT2D eigenvalue weighted by Crippen LogP contribution is 2.11. The second-order valence-corrected chi connectivity index (χ2v) is 7.32. The zero-order chi connectivity index (χ0) is 18.6. The van der Waals surface area contributed by atoms with Gasteiger partial charge in [-0.15, -0.1) is 35.3 Å². The summed E-state index contributed by atoms with van der Waals surface area (Å²) < 4.78 is 0. The first-order valence-electron chi connectivity index (χ1n) is 9.38. The van der Waals surface area contributed by atoms with Crippen LogP contribution in [0.4, 0.5) is 5.69 Å². The maximum Gasteiger partial charge on any atom is 0.191 e. The normalized spacial score (nSPS) is 11.0. The van der Waals surface area contributed by atoms with Crippen LogP contribution in [0.2, 0.25) is 0 Å². The van der Waals surface area contributed by atoms with Crippen LogP contribution in [0, 0.1) is 6.92 Å². The molecule has 0 saturated carbocycles. The lowest BCUT2D eigenvalue weighted by Crippen LogP contribution is -2.38. The summed E-state index contributed by atoms with van der Waals surface area (Å²) in [5.41, 5.74) is 2.42. The Morgan fingerprint density at radius 1 is 1.19 bits per heavy atom. The molecule has 27 heavy (non-hydrogen) atoms. The van der Waals surface area contributed by atoms with E-state index in [0.717, 1.165) is 62.1 Å². The van der Waals surface area contributed by atoms with Gasteiger partial charge >= 0.3 is 0 Å². The van der Waals surface area contributed by atoms with Gasteiger partial charge in [-0.05, 0) is 38.8 Å². The molecule has 0 aliphatic heterocycles. The highest BCUT2D eigenvalue weighted by atomic mass is 127. The van der Waals surface area contributed by atoms with E-state index in [1.54, 1.807) is 11.3 Å². The number of aromatic nitrogens is 1. The first-order valence-corrected chi connectivity index (χ1v) is 10.3. The van der Waals surface area contributed by atoms with Crippen LogP contribution in [0.25, 0.3) is 0 Å². The van der Waals surface area contributed by atoms with E-state index in [0.29, 0.717) is 0 Å². The maximum atomic E-state index is 4.68. The summed E-state index contributed by atoms with van der Waals surface area (Å²) in [6.07, 6.45) is 3.14. The molecule has 1 aromatic carbocycles. The van der Waals surface area contributed by atoms with E-state index in [1.807, 2.05) is 6.92 Å². The fraction of sp³-hybridized carbons (Fsp3) is 0.500. The molecule has 0 unspecified atom stereocenters. The van der Waals surface area contributed by atoms with Crippen LogP contribution in [0.1, 0.15) is 30.5 Å². The molecule has 5 nitrogen and oxygen atoms in total. The van der Waals surface area contributed by atoms with Crippen molar-refractivity contribution in [3.8, 4) is 0 Å². The molecule has 0 radical (unpaired) electrons. The third-order valence-corrected chi connectivity index (χ3v) is 4.88. The summed E-state index contributed by atoms with van der Waals surface area (Å²) in [5.74, 6) is 0.899. The Hall–Kier alpha value is -1.35. The van der Waals surface area contributed by atoms with Gasteiger partial charge in [-0.2, -0.15) is 0 Å². The number of hydrogen-bond donors (Lipinski definition) is 2. The number of halogens is 1. The van der Waals surface area contributed by atoms with Gasteiger partial charge in [0.25, 0.3) is 0 Å². The SMILES string of the molecule is CCNC(=NCCCCN(C)c1ccccc1)NCCc1csc(C)n1.I. The van der Waals surface area contributed by atoms with Gasteiger partial charge < -0.3 is 15.5 Å². The third-order valence-electron chi connectivity index (χ3n) is 4.05. The summed E-state index contributed by atoms with van der Waals surface area (Å²) in [4.78, 5) is 11.5. The number of thiazole rings is 1. The second-order valence-electron chi connectivity index (χ2n) is 6.26. The van der Waals surface area contributed by atoms with Crippen molar-refractivity contribution in [2.75, 3.05) is 38.1 Å². The molecule has 1 heterocycles. The number of aliphatic imine (C=N–C) groups is 1. The van der Waals surface area contributed by atoms with Crippen LogP contribution in [-0.2, 0) is 6.42 Å². The second kappa shape index (κ2) is 13.8. The molecule has 150 valence electrons. The van der Waals surface area contributed by atoms with Gasteiger partial charge in [0.2, 0.25) is 0 Å². The Balaban J connectivity index is 0.00000364. The minimum Gasteiger partial charge on any atom is -0.375 e. The van der Waals surface area contributed by atoms with E-state index in [2.05, 4.69) is 75.2 Å². The minimum atomic E-state index is 0. The van der Waals surface area contributed by atoms with E-state index in [-0.39, 0.29) is 24.0 Å². The van der Waals surface area contributed by atoms with Crippen molar-refractivity contribution in [1.82, 2.24) is 15.6 Å². The molecule has 0 aliphatic rings. The summed E-state index contributed by atoms with van der Waals surface area (Å²) >= 11 is 1.70. The molecule has 0 spiro atoms. The van der Waals surface area contributed by atoms with E-state index in [1.165, 1.54) is 5.69 Å². The zero-order valence-corrected chi connectivity index (χ0v) is 19.7. The van der Waals surface area contributed by atoms with Crippen molar-refractivity contribution < 1.29 is 0 Å². The lowest BCUT2D eigenvalue weighted by molar-refractivity contribution is 0.718. The summed E-state index contributed by atoms with van der Waals surface area (Å²) in [5, 5.41) is 9.96. The molecule has 2 rings (SSSR count). The van der Waals surface area contributed by atoms with Gasteiger partial charge in [-0.25, -0.2) is 4.98 Å². The van der Waals surface area contributed by atoms with Crippen LogP contribution >= 0.6 is 35.3 Å². The predicted octanol–water partition coefficient (Wildman–Crippen LogP) is 4.08. The summed E-state index contributed by atoms with van der Waals surface area (Å²) in [6, 6.07) is 10.5. The van der Waals surface area contributed by atoms with Crippen LogP contribution < -0.4 is 15.5 Å². The number of unbranched alkanes of at least 4 members (excludes halogenated alkanes) is 1. The third kappa shape index (κ3) is 9.41. The van der Waals surface area contributed by atoms with Crippen molar-refractivity contribution >= 4 is 47.0 Å².